The Morgan fingerprint density at radius 2 is 1.54 bits per heavy atom. The van der Waals surface area contributed by atoms with E-state index >= 15 is 0 Å². The molecule has 59 heavy (non-hydrogen) atoms. The number of esters is 1. The number of nitrogens with one attached hydrogen (secondary N) is 5. The zero-order chi connectivity index (χ0) is 42.8. The third-order valence-corrected chi connectivity index (χ3v) is 10.9. The molecule has 3 aromatic carbocycles. The number of methoxy groups -OCH3 is 1. The Labute approximate surface area is 345 Å². The number of aromatic nitrogens is 1. The molecule has 4 aromatic rings. The highest BCUT2D eigenvalue weighted by Crippen LogP contribution is 2.29. The Kier molecular flexibility index (Phi) is 14.9. The fraction of sp³-hybridized carbons (Fsp3) is 0.422. The van der Waals surface area contributed by atoms with Crippen LogP contribution in [0, 0.1) is 11.8 Å². The second-order valence-electron chi connectivity index (χ2n) is 15.6. The van der Waals surface area contributed by atoms with Crippen LogP contribution in [0.25, 0.3) is 10.9 Å². The molecule has 14 heteroatoms. The first-order valence-corrected chi connectivity index (χ1v) is 20.1. The summed E-state index contributed by atoms with van der Waals surface area (Å²) in [7, 11) is 3.06. The van der Waals surface area contributed by atoms with Gasteiger partial charge < -0.3 is 40.6 Å². The predicted octanol–water partition coefficient (Wildman–Crippen LogP) is 4.14. The number of ether oxygens (including phenoxy) is 2. The van der Waals surface area contributed by atoms with E-state index in [0.29, 0.717) is 17.7 Å². The lowest BCUT2D eigenvalue weighted by Gasteiger charge is -2.35. The van der Waals surface area contributed by atoms with Crippen molar-refractivity contribution in [3.05, 3.63) is 102 Å². The van der Waals surface area contributed by atoms with Gasteiger partial charge in [-0.15, -0.1) is 0 Å². The van der Waals surface area contributed by atoms with E-state index in [1.165, 1.54) is 11.9 Å². The average Bonchev–Trinajstić information content (AvgIpc) is 3.64. The fourth-order valence-corrected chi connectivity index (χ4v) is 7.17. The van der Waals surface area contributed by atoms with Crippen LogP contribution in [0.5, 0.6) is 5.75 Å². The van der Waals surface area contributed by atoms with Gasteiger partial charge in [-0.3, -0.25) is 28.8 Å². The Hall–Kier alpha value is -6.18. The third-order valence-electron chi connectivity index (χ3n) is 10.9. The van der Waals surface area contributed by atoms with Gasteiger partial charge in [-0.25, -0.2) is 0 Å². The Bertz CT molecular complexity index is 2100. The molecule has 0 radical (unpaired) electrons. The van der Waals surface area contributed by atoms with Gasteiger partial charge >= 0.3 is 5.97 Å². The molecule has 314 valence electrons. The van der Waals surface area contributed by atoms with E-state index in [0.717, 1.165) is 22.0 Å². The molecule has 0 saturated carbocycles. The number of hydrogen-bond donors (Lipinski definition) is 5. The maximum atomic E-state index is 14.7. The smallest absolute Gasteiger partial charge is 0.308 e. The van der Waals surface area contributed by atoms with Crippen LogP contribution in [0.2, 0.25) is 0 Å². The molecule has 5 N–H and O–H groups in total. The summed E-state index contributed by atoms with van der Waals surface area (Å²) in [5.74, 6) is -4.08. The van der Waals surface area contributed by atoms with E-state index in [-0.39, 0.29) is 19.3 Å². The zero-order valence-electron chi connectivity index (χ0n) is 34.7. The van der Waals surface area contributed by atoms with Crippen LogP contribution >= 0.6 is 0 Å². The summed E-state index contributed by atoms with van der Waals surface area (Å²) in [6, 6.07) is 17.6. The number of carbonyl (C=O) groups excluding carboxylic acids is 6. The minimum absolute atomic E-state index is 0.0521. The number of benzene rings is 3. The fourth-order valence-electron chi connectivity index (χ4n) is 7.17. The van der Waals surface area contributed by atoms with Crippen LogP contribution in [0.4, 0.5) is 0 Å². The number of para-hydroxylation sites is 1. The van der Waals surface area contributed by atoms with Gasteiger partial charge in [-0.2, -0.15) is 0 Å². The largest absolute Gasteiger partial charge is 0.495 e. The predicted molar refractivity (Wildman–Crippen MR) is 223 cm³/mol. The highest BCUT2D eigenvalue weighted by atomic mass is 16.5. The quantitative estimate of drug-likeness (QED) is 0.148. The summed E-state index contributed by atoms with van der Waals surface area (Å²) in [5, 5.41) is 12.3. The van der Waals surface area contributed by atoms with Gasteiger partial charge in [0.1, 0.15) is 29.9 Å². The van der Waals surface area contributed by atoms with E-state index in [4.69, 9.17) is 9.47 Å². The number of aromatic amines is 1. The number of H-pyrrole nitrogens is 1. The van der Waals surface area contributed by atoms with Crippen molar-refractivity contribution in [1.82, 2.24) is 31.2 Å². The first-order chi connectivity index (χ1) is 28.2. The van der Waals surface area contributed by atoms with Gasteiger partial charge in [0.05, 0.1) is 19.0 Å². The van der Waals surface area contributed by atoms with Crippen LogP contribution in [-0.2, 0) is 46.3 Å². The highest BCUT2D eigenvalue weighted by molar-refractivity contribution is 5.97. The number of nitrogens with zero attached hydrogens (tertiary/aromatic N) is 1. The molecule has 1 aromatic heterocycles. The second kappa shape index (κ2) is 20.0. The maximum Gasteiger partial charge on any atom is 0.308 e. The number of rotatable bonds is 10. The summed E-state index contributed by atoms with van der Waals surface area (Å²) in [4.78, 5) is 89.7. The highest BCUT2D eigenvalue weighted by Gasteiger charge is 2.41. The Morgan fingerprint density at radius 3 is 2.19 bits per heavy atom. The molecule has 2 heterocycles. The third kappa shape index (κ3) is 10.9. The molecule has 5 amide bonds. The lowest BCUT2D eigenvalue weighted by Crippen LogP contribution is -2.61. The molecule has 0 spiro atoms. The topological polar surface area (TPSA) is 188 Å². The van der Waals surface area contributed by atoms with Crippen LogP contribution in [-0.4, -0.2) is 89.8 Å². The molecule has 0 aliphatic carbocycles. The van der Waals surface area contributed by atoms with Gasteiger partial charge in [0.15, 0.2) is 6.10 Å². The van der Waals surface area contributed by atoms with Crippen molar-refractivity contribution in [2.75, 3.05) is 14.2 Å². The molecule has 14 nitrogen and oxygen atoms in total. The van der Waals surface area contributed by atoms with Crippen LogP contribution in [0.1, 0.15) is 70.3 Å². The number of likely N-dealkylation sites (N-methyl/N-ethyl adjacent to an activating group) is 1. The van der Waals surface area contributed by atoms with Crippen molar-refractivity contribution >= 4 is 46.4 Å². The number of carbonyl (C=O) groups is 6. The number of hydrogen-bond acceptors (Lipinski definition) is 8. The average molecular weight is 809 g/mol. The van der Waals surface area contributed by atoms with E-state index in [2.05, 4.69) is 26.3 Å². The molecular formula is C45H56N6O8. The molecule has 7 atom stereocenters. The summed E-state index contributed by atoms with van der Waals surface area (Å²) in [5.41, 5.74) is 2.63. The summed E-state index contributed by atoms with van der Waals surface area (Å²) in [6.45, 7) is 8.64. The SMILES string of the molecule is CC[C@H](C)[C@@H]1NC(=O)[C@@H](NC(=O)C(C)C)[C@@H](c2ccccc2)OC(=O)C[C@H](C)NC(=O)[C@@H](Cc2c[nH]c3c(OC)cccc23)NC(=O)[C@H](Cc2ccccc2)N(C)C1=O. The molecular weight excluding hydrogens is 753 g/mol. The standard InChI is InChI=1S/C45H56N6O8/c1-8-27(4)37-45(57)51(6)34(23-29-16-11-9-12-17-29)43(55)48-33(24-31-25-46-38-32(31)20-15-21-35(38)58-7)42(54)47-28(5)22-36(52)59-40(30-18-13-10-14-19-30)39(44(56)49-37)50-41(53)26(2)3/h9-21,25-28,33-34,37,39-40,46H,8,22-24H2,1-7H3,(H,47,54)(H,48,55)(H,49,56)(H,50,53)/t27-,28-,33+,34-,37-,39-,40+/m0/s1. The van der Waals surface area contributed by atoms with Crippen molar-refractivity contribution in [1.29, 1.82) is 0 Å². The van der Waals surface area contributed by atoms with Gasteiger partial charge in [-0.1, -0.05) is 107 Å². The number of fused-ring (bicyclic) bond motifs is 1. The van der Waals surface area contributed by atoms with Crippen LogP contribution in [0.3, 0.4) is 0 Å². The molecule has 1 aliphatic rings. The molecule has 0 bridgehead atoms. The van der Waals surface area contributed by atoms with E-state index in [1.807, 2.05) is 55.5 Å². The summed E-state index contributed by atoms with van der Waals surface area (Å²) >= 11 is 0. The van der Waals surface area contributed by atoms with E-state index in [1.54, 1.807) is 71.3 Å². The van der Waals surface area contributed by atoms with Crippen molar-refractivity contribution in [3.63, 3.8) is 0 Å². The van der Waals surface area contributed by atoms with Crippen molar-refractivity contribution < 1.29 is 38.2 Å². The van der Waals surface area contributed by atoms with Gasteiger partial charge in [-0.05, 0) is 35.6 Å². The van der Waals surface area contributed by atoms with E-state index < -0.39 is 83.7 Å². The van der Waals surface area contributed by atoms with Crippen molar-refractivity contribution in [2.45, 2.75) is 96.6 Å². The van der Waals surface area contributed by atoms with Crippen LogP contribution in [0.15, 0.2) is 85.1 Å². The molecule has 1 aliphatic heterocycles. The first kappa shape index (κ1) is 43.9. The number of cyclic esters (lactones) is 1. The minimum atomic E-state index is -1.45. The van der Waals surface area contributed by atoms with E-state index in [9.17, 15) is 28.8 Å². The summed E-state index contributed by atoms with van der Waals surface area (Å²) < 4.78 is 11.6. The normalized spacial score (nSPS) is 23.1. The molecule has 1 saturated heterocycles. The van der Waals surface area contributed by atoms with Crippen molar-refractivity contribution in [2.24, 2.45) is 11.8 Å². The minimum Gasteiger partial charge on any atom is -0.495 e. The second-order valence-corrected chi connectivity index (χ2v) is 15.6. The van der Waals surface area contributed by atoms with Gasteiger partial charge in [0, 0.05) is 43.4 Å². The Balaban J connectivity index is 1.62. The number of amides is 5. The molecule has 5 rings (SSSR count). The zero-order valence-corrected chi connectivity index (χ0v) is 34.7. The lowest BCUT2D eigenvalue weighted by molar-refractivity contribution is -0.155. The molecule has 1 fully saturated rings. The van der Waals surface area contributed by atoms with Crippen LogP contribution < -0.4 is 26.0 Å². The van der Waals surface area contributed by atoms with Crippen molar-refractivity contribution in [3.8, 4) is 5.75 Å². The monoisotopic (exact) mass is 808 g/mol. The molecule has 0 unspecified atom stereocenters. The summed E-state index contributed by atoms with van der Waals surface area (Å²) in [6.07, 6.45) is 0.754. The Morgan fingerprint density at radius 1 is 0.864 bits per heavy atom. The van der Waals surface area contributed by atoms with Gasteiger partial charge in [0.2, 0.25) is 29.5 Å². The lowest BCUT2D eigenvalue weighted by atomic mass is 9.94. The first-order valence-electron chi connectivity index (χ1n) is 20.1. The maximum absolute atomic E-state index is 14.7. The van der Waals surface area contributed by atoms with Gasteiger partial charge in [0.25, 0.3) is 0 Å².